The Kier molecular flexibility index (Phi) is 3.97. The summed E-state index contributed by atoms with van der Waals surface area (Å²) in [4.78, 5) is 16.5. The fourth-order valence-corrected chi connectivity index (χ4v) is 2.57. The zero-order chi connectivity index (χ0) is 14.7. The standard InChI is InChI=1S/C17H19N3O/c1-12(20-11-13-3-2-7-18-10-13)17(21)15-4-5-16-14(9-15)6-8-19-16/h2-5,7,9-10,12,19-20H,6,8,11H2,1H3. The van der Waals surface area contributed by atoms with E-state index in [9.17, 15) is 4.79 Å². The number of nitrogens with one attached hydrogen (secondary N) is 2. The number of hydrogen-bond donors (Lipinski definition) is 2. The predicted molar refractivity (Wildman–Crippen MR) is 83.5 cm³/mol. The minimum Gasteiger partial charge on any atom is -0.384 e. The van der Waals surface area contributed by atoms with Crippen molar-refractivity contribution in [1.29, 1.82) is 0 Å². The van der Waals surface area contributed by atoms with Crippen molar-refractivity contribution in [3.63, 3.8) is 0 Å². The average Bonchev–Trinajstić information content (AvgIpc) is 3.00. The number of Topliss-reactive ketones (excluding diaryl/α,β-unsaturated/α-hetero) is 1. The smallest absolute Gasteiger partial charge is 0.179 e. The quantitative estimate of drug-likeness (QED) is 0.826. The van der Waals surface area contributed by atoms with Crippen molar-refractivity contribution in [2.75, 3.05) is 11.9 Å². The van der Waals surface area contributed by atoms with Crippen molar-refractivity contribution in [3.8, 4) is 0 Å². The second-order valence-electron chi connectivity index (χ2n) is 5.38. The lowest BCUT2D eigenvalue weighted by Crippen LogP contribution is -2.33. The van der Waals surface area contributed by atoms with E-state index in [1.807, 2.05) is 43.5 Å². The third-order valence-corrected chi connectivity index (χ3v) is 3.83. The summed E-state index contributed by atoms with van der Waals surface area (Å²) in [5.74, 6) is 0.133. The van der Waals surface area contributed by atoms with Crippen LogP contribution in [0.3, 0.4) is 0 Å². The zero-order valence-corrected chi connectivity index (χ0v) is 12.1. The Morgan fingerprint density at radius 3 is 3.14 bits per heavy atom. The summed E-state index contributed by atoms with van der Waals surface area (Å²) in [5.41, 5.74) is 4.25. The molecule has 108 valence electrons. The van der Waals surface area contributed by atoms with Gasteiger partial charge in [-0.1, -0.05) is 6.07 Å². The number of nitrogens with zero attached hydrogens (tertiary/aromatic N) is 1. The maximum Gasteiger partial charge on any atom is 0.179 e. The van der Waals surface area contributed by atoms with Crippen molar-refractivity contribution in [1.82, 2.24) is 10.3 Å². The first kappa shape index (κ1) is 13.8. The van der Waals surface area contributed by atoms with Crippen LogP contribution >= 0.6 is 0 Å². The molecule has 2 N–H and O–H groups in total. The van der Waals surface area contributed by atoms with Gasteiger partial charge in [-0.3, -0.25) is 9.78 Å². The number of aromatic nitrogens is 1. The summed E-state index contributed by atoms with van der Waals surface area (Å²) in [7, 11) is 0. The van der Waals surface area contributed by atoms with Crippen molar-refractivity contribution >= 4 is 11.5 Å². The van der Waals surface area contributed by atoms with Crippen molar-refractivity contribution < 1.29 is 4.79 Å². The summed E-state index contributed by atoms with van der Waals surface area (Å²) >= 11 is 0. The number of benzene rings is 1. The van der Waals surface area contributed by atoms with Crippen LogP contribution in [0.25, 0.3) is 0 Å². The highest BCUT2D eigenvalue weighted by Gasteiger charge is 2.17. The Hall–Kier alpha value is -2.20. The molecular weight excluding hydrogens is 262 g/mol. The fourth-order valence-electron chi connectivity index (χ4n) is 2.57. The SMILES string of the molecule is CC(NCc1cccnc1)C(=O)c1ccc2c(c1)CCN2. The molecule has 0 fully saturated rings. The Balaban J connectivity index is 1.64. The molecule has 2 heterocycles. The van der Waals surface area contributed by atoms with E-state index in [-0.39, 0.29) is 11.8 Å². The zero-order valence-electron chi connectivity index (χ0n) is 12.1. The molecule has 3 rings (SSSR count). The number of hydrogen-bond acceptors (Lipinski definition) is 4. The normalized spacial score (nSPS) is 14.3. The van der Waals surface area contributed by atoms with Gasteiger partial charge in [0, 0.05) is 36.7 Å². The molecule has 0 radical (unpaired) electrons. The second-order valence-corrected chi connectivity index (χ2v) is 5.38. The van der Waals surface area contributed by atoms with Gasteiger partial charge >= 0.3 is 0 Å². The predicted octanol–water partition coefficient (Wildman–Crippen LogP) is 2.41. The lowest BCUT2D eigenvalue weighted by molar-refractivity contribution is 0.0950. The van der Waals surface area contributed by atoms with Crippen LogP contribution in [0.5, 0.6) is 0 Å². The molecule has 1 aliphatic rings. The maximum absolute atomic E-state index is 12.5. The van der Waals surface area contributed by atoms with Crippen LogP contribution in [0.1, 0.15) is 28.4 Å². The molecule has 1 aromatic heterocycles. The van der Waals surface area contributed by atoms with Gasteiger partial charge in [-0.05, 0) is 48.7 Å². The number of ketones is 1. The highest BCUT2D eigenvalue weighted by atomic mass is 16.1. The molecule has 0 amide bonds. The number of rotatable bonds is 5. The number of carbonyl (C=O) groups excluding carboxylic acids is 1. The third-order valence-electron chi connectivity index (χ3n) is 3.83. The summed E-state index contributed by atoms with van der Waals surface area (Å²) < 4.78 is 0. The molecule has 4 heteroatoms. The van der Waals surface area contributed by atoms with Crippen molar-refractivity contribution in [2.45, 2.75) is 25.9 Å². The molecule has 1 unspecified atom stereocenters. The summed E-state index contributed by atoms with van der Waals surface area (Å²) in [6.07, 6.45) is 4.55. The van der Waals surface area contributed by atoms with E-state index in [0.29, 0.717) is 6.54 Å². The first-order valence-corrected chi connectivity index (χ1v) is 7.27. The number of pyridine rings is 1. The molecule has 0 saturated carbocycles. The van der Waals surface area contributed by atoms with Gasteiger partial charge < -0.3 is 10.6 Å². The molecule has 0 bridgehead atoms. The van der Waals surface area contributed by atoms with E-state index >= 15 is 0 Å². The van der Waals surface area contributed by atoms with E-state index < -0.39 is 0 Å². The topological polar surface area (TPSA) is 54.0 Å². The molecule has 1 atom stereocenters. The number of fused-ring (bicyclic) bond motifs is 1. The van der Waals surface area contributed by atoms with Crippen LogP contribution in [0.4, 0.5) is 5.69 Å². The molecule has 0 spiro atoms. The van der Waals surface area contributed by atoms with Crippen LogP contribution in [0.2, 0.25) is 0 Å². The van der Waals surface area contributed by atoms with Gasteiger partial charge in [0.2, 0.25) is 0 Å². The summed E-state index contributed by atoms with van der Waals surface area (Å²) in [5, 5.41) is 6.57. The van der Waals surface area contributed by atoms with Crippen LogP contribution in [-0.2, 0) is 13.0 Å². The van der Waals surface area contributed by atoms with E-state index in [2.05, 4.69) is 15.6 Å². The van der Waals surface area contributed by atoms with Gasteiger partial charge in [-0.15, -0.1) is 0 Å². The largest absolute Gasteiger partial charge is 0.384 e. The van der Waals surface area contributed by atoms with Gasteiger partial charge in [0.1, 0.15) is 0 Å². The molecule has 4 nitrogen and oxygen atoms in total. The Morgan fingerprint density at radius 1 is 1.43 bits per heavy atom. The second kappa shape index (κ2) is 6.06. The van der Waals surface area contributed by atoms with E-state index in [4.69, 9.17) is 0 Å². The molecule has 0 aliphatic carbocycles. The highest BCUT2D eigenvalue weighted by Crippen LogP contribution is 2.23. The summed E-state index contributed by atoms with van der Waals surface area (Å²) in [6, 6.07) is 9.61. The van der Waals surface area contributed by atoms with E-state index in [1.165, 1.54) is 5.56 Å². The van der Waals surface area contributed by atoms with Crippen molar-refractivity contribution in [2.24, 2.45) is 0 Å². The lowest BCUT2D eigenvalue weighted by atomic mass is 10.0. The van der Waals surface area contributed by atoms with E-state index in [1.54, 1.807) is 6.20 Å². The maximum atomic E-state index is 12.5. The third kappa shape index (κ3) is 3.11. The molecule has 1 aromatic carbocycles. The first-order valence-electron chi connectivity index (χ1n) is 7.27. The Bertz CT molecular complexity index is 640. The average molecular weight is 281 g/mol. The number of carbonyl (C=O) groups is 1. The van der Waals surface area contributed by atoms with Gasteiger partial charge in [-0.25, -0.2) is 0 Å². The lowest BCUT2D eigenvalue weighted by Gasteiger charge is -2.13. The fraction of sp³-hybridized carbons (Fsp3) is 0.294. The molecule has 2 aromatic rings. The van der Waals surface area contributed by atoms with E-state index in [0.717, 1.165) is 29.8 Å². The van der Waals surface area contributed by atoms with Crippen LogP contribution in [-0.4, -0.2) is 23.4 Å². The van der Waals surface area contributed by atoms with Crippen molar-refractivity contribution in [3.05, 3.63) is 59.4 Å². The monoisotopic (exact) mass is 281 g/mol. The first-order chi connectivity index (χ1) is 10.2. The molecular formula is C17H19N3O. The Morgan fingerprint density at radius 2 is 2.33 bits per heavy atom. The van der Waals surface area contributed by atoms with Crippen LogP contribution < -0.4 is 10.6 Å². The minimum absolute atomic E-state index is 0.133. The van der Waals surface area contributed by atoms with Gasteiger partial charge in [0.05, 0.1) is 6.04 Å². The minimum atomic E-state index is -0.211. The highest BCUT2D eigenvalue weighted by molar-refractivity contribution is 6.00. The Labute approximate surface area is 124 Å². The van der Waals surface area contributed by atoms with Gasteiger partial charge in [0.15, 0.2) is 5.78 Å². The molecule has 21 heavy (non-hydrogen) atoms. The van der Waals surface area contributed by atoms with Crippen LogP contribution in [0.15, 0.2) is 42.7 Å². The van der Waals surface area contributed by atoms with Crippen LogP contribution in [0, 0.1) is 0 Å². The molecule has 1 aliphatic heterocycles. The summed E-state index contributed by atoms with van der Waals surface area (Å²) in [6.45, 7) is 3.51. The molecule has 0 saturated heterocycles. The van der Waals surface area contributed by atoms with Gasteiger partial charge in [0.25, 0.3) is 0 Å². The van der Waals surface area contributed by atoms with Gasteiger partial charge in [-0.2, -0.15) is 0 Å². The number of anilines is 1.